The molecule has 176 valence electrons. The van der Waals surface area contributed by atoms with Gasteiger partial charge in [0.1, 0.15) is 11.8 Å². The molecule has 1 fully saturated rings. The van der Waals surface area contributed by atoms with E-state index in [2.05, 4.69) is 16.3 Å². The second-order valence-corrected chi connectivity index (χ2v) is 8.71. The van der Waals surface area contributed by atoms with Gasteiger partial charge >= 0.3 is 0 Å². The van der Waals surface area contributed by atoms with Gasteiger partial charge in [-0.25, -0.2) is 0 Å². The fourth-order valence-corrected chi connectivity index (χ4v) is 4.10. The molecule has 8 heteroatoms. The Bertz CT molecular complexity index is 984. The van der Waals surface area contributed by atoms with Crippen LogP contribution < -0.4 is 19.5 Å². The van der Waals surface area contributed by atoms with Crippen molar-refractivity contribution in [2.24, 2.45) is 5.92 Å². The van der Waals surface area contributed by atoms with Crippen molar-refractivity contribution in [3.8, 4) is 17.2 Å². The number of methoxy groups -OCH3 is 1. The molecule has 2 aliphatic rings. The summed E-state index contributed by atoms with van der Waals surface area (Å²) in [5, 5.41) is 2.93. The second-order valence-electron chi connectivity index (χ2n) is 8.71. The van der Waals surface area contributed by atoms with Gasteiger partial charge in [0.25, 0.3) is 5.91 Å². The predicted molar refractivity (Wildman–Crippen MR) is 124 cm³/mol. The Hall–Kier alpha value is -3.26. The van der Waals surface area contributed by atoms with Gasteiger partial charge in [0.2, 0.25) is 12.7 Å². The summed E-state index contributed by atoms with van der Waals surface area (Å²) in [6.07, 6.45) is 0. The molecular weight excluding hydrogens is 422 g/mol. The van der Waals surface area contributed by atoms with Gasteiger partial charge in [-0.05, 0) is 47.9 Å². The summed E-state index contributed by atoms with van der Waals surface area (Å²) in [4.78, 5) is 30.2. The minimum Gasteiger partial charge on any atom is -0.497 e. The lowest BCUT2D eigenvalue weighted by molar-refractivity contribution is -0.136. The van der Waals surface area contributed by atoms with E-state index in [0.717, 1.165) is 36.7 Å². The van der Waals surface area contributed by atoms with E-state index in [9.17, 15) is 9.59 Å². The maximum Gasteiger partial charge on any atom is 0.251 e. The standard InChI is InChI=1S/C25H31N3O5/c1-17(2)23(26-24(29)19-5-7-20(31-3)8-6-19)25(30)28-12-10-27(11-13-28)15-18-4-9-21-22(14-18)33-16-32-21/h4-9,14,17,23H,10-13,15-16H2,1-3H3,(H,26,29)/t23-/m0/s1. The molecule has 0 radical (unpaired) electrons. The minimum atomic E-state index is -0.569. The summed E-state index contributed by atoms with van der Waals surface area (Å²) in [7, 11) is 1.58. The van der Waals surface area contributed by atoms with Crippen molar-refractivity contribution in [1.29, 1.82) is 0 Å². The fraction of sp³-hybridized carbons (Fsp3) is 0.440. The van der Waals surface area contributed by atoms with Crippen LogP contribution in [0.15, 0.2) is 42.5 Å². The van der Waals surface area contributed by atoms with Gasteiger partial charge in [0.15, 0.2) is 11.5 Å². The summed E-state index contributed by atoms with van der Waals surface area (Å²) in [5.74, 6) is 1.94. The maximum atomic E-state index is 13.2. The van der Waals surface area contributed by atoms with Gasteiger partial charge in [0.05, 0.1) is 7.11 Å². The highest BCUT2D eigenvalue weighted by molar-refractivity contribution is 5.97. The number of fused-ring (bicyclic) bond motifs is 1. The Morgan fingerprint density at radius 3 is 2.36 bits per heavy atom. The van der Waals surface area contributed by atoms with E-state index in [1.54, 1.807) is 31.4 Å². The molecular formula is C25H31N3O5. The largest absolute Gasteiger partial charge is 0.497 e. The first-order chi connectivity index (χ1) is 15.9. The maximum absolute atomic E-state index is 13.2. The summed E-state index contributed by atoms with van der Waals surface area (Å²) < 4.78 is 16.0. The van der Waals surface area contributed by atoms with Crippen LogP contribution >= 0.6 is 0 Å². The molecule has 0 bridgehead atoms. The number of hydrogen-bond donors (Lipinski definition) is 1. The number of nitrogens with zero attached hydrogens (tertiary/aromatic N) is 2. The van der Waals surface area contributed by atoms with Gasteiger partial charge in [-0.2, -0.15) is 0 Å². The van der Waals surface area contributed by atoms with E-state index < -0.39 is 6.04 Å². The first-order valence-corrected chi connectivity index (χ1v) is 11.3. The summed E-state index contributed by atoms with van der Waals surface area (Å²) in [5.41, 5.74) is 1.66. The van der Waals surface area contributed by atoms with Crippen molar-refractivity contribution in [3.05, 3.63) is 53.6 Å². The van der Waals surface area contributed by atoms with Crippen LogP contribution in [0.1, 0.15) is 29.8 Å². The van der Waals surface area contributed by atoms with Gasteiger partial charge < -0.3 is 24.4 Å². The van der Waals surface area contributed by atoms with Gasteiger partial charge in [-0.1, -0.05) is 19.9 Å². The molecule has 8 nitrogen and oxygen atoms in total. The quantitative estimate of drug-likeness (QED) is 0.694. The van der Waals surface area contributed by atoms with E-state index in [1.807, 2.05) is 30.9 Å². The first kappa shape index (κ1) is 22.9. The van der Waals surface area contributed by atoms with Gasteiger partial charge in [0, 0.05) is 38.3 Å². The highest BCUT2D eigenvalue weighted by Gasteiger charge is 2.31. The van der Waals surface area contributed by atoms with E-state index >= 15 is 0 Å². The highest BCUT2D eigenvalue weighted by Crippen LogP contribution is 2.32. The number of nitrogens with one attached hydrogen (secondary N) is 1. The van der Waals surface area contributed by atoms with Crippen LogP contribution in [0.5, 0.6) is 17.2 Å². The minimum absolute atomic E-state index is 0.0219. The predicted octanol–water partition coefficient (Wildman–Crippen LogP) is 2.52. The summed E-state index contributed by atoms with van der Waals surface area (Å²) in [6.45, 7) is 7.77. The number of benzene rings is 2. The van der Waals surface area contributed by atoms with Crippen molar-refractivity contribution in [2.45, 2.75) is 26.4 Å². The molecule has 4 rings (SSSR count). The Kier molecular flexibility index (Phi) is 7.03. The van der Waals surface area contributed by atoms with Crippen LogP contribution in [0.2, 0.25) is 0 Å². The number of hydrogen-bond acceptors (Lipinski definition) is 6. The lowest BCUT2D eigenvalue weighted by Gasteiger charge is -2.37. The number of rotatable bonds is 7. The van der Waals surface area contributed by atoms with E-state index in [4.69, 9.17) is 14.2 Å². The molecule has 1 N–H and O–H groups in total. The summed E-state index contributed by atoms with van der Waals surface area (Å²) in [6, 6.07) is 12.3. The normalized spacial score (nSPS) is 16.5. The third-order valence-corrected chi connectivity index (χ3v) is 6.10. The number of ether oxygens (including phenoxy) is 3. The van der Waals surface area contributed by atoms with Crippen molar-refractivity contribution in [2.75, 3.05) is 40.1 Å². The zero-order chi connectivity index (χ0) is 23.4. The van der Waals surface area contributed by atoms with Crippen LogP contribution in [0, 0.1) is 5.92 Å². The number of carbonyl (C=O) groups excluding carboxylic acids is 2. The van der Waals surface area contributed by atoms with E-state index in [-0.39, 0.29) is 24.5 Å². The van der Waals surface area contributed by atoms with Crippen LogP contribution in [-0.2, 0) is 11.3 Å². The lowest BCUT2D eigenvalue weighted by atomic mass is 10.0. The average Bonchev–Trinajstić information content (AvgIpc) is 3.30. The molecule has 0 saturated carbocycles. The average molecular weight is 454 g/mol. The smallest absolute Gasteiger partial charge is 0.251 e. The zero-order valence-corrected chi connectivity index (χ0v) is 19.4. The van der Waals surface area contributed by atoms with Crippen LogP contribution in [0.25, 0.3) is 0 Å². The molecule has 2 aromatic rings. The van der Waals surface area contributed by atoms with Crippen LogP contribution in [0.3, 0.4) is 0 Å². The molecule has 1 saturated heterocycles. The Labute approximate surface area is 194 Å². The van der Waals surface area contributed by atoms with Crippen molar-refractivity contribution in [3.63, 3.8) is 0 Å². The van der Waals surface area contributed by atoms with Crippen LogP contribution in [0.4, 0.5) is 0 Å². The lowest BCUT2D eigenvalue weighted by Crippen LogP contribution is -2.56. The van der Waals surface area contributed by atoms with Crippen molar-refractivity contribution < 1.29 is 23.8 Å². The molecule has 2 heterocycles. The Morgan fingerprint density at radius 2 is 1.70 bits per heavy atom. The molecule has 33 heavy (non-hydrogen) atoms. The molecule has 0 spiro atoms. The SMILES string of the molecule is COc1ccc(C(=O)N[C@H](C(=O)N2CCN(Cc3ccc4c(c3)OCO4)CC2)C(C)C)cc1. The van der Waals surface area contributed by atoms with Gasteiger partial charge in [-0.15, -0.1) is 0 Å². The zero-order valence-electron chi connectivity index (χ0n) is 19.4. The van der Waals surface area contributed by atoms with Crippen molar-refractivity contribution in [1.82, 2.24) is 15.1 Å². The third-order valence-electron chi connectivity index (χ3n) is 6.10. The Morgan fingerprint density at radius 1 is 1.00 bits per heavy atom. The molecule has 1 atom stereocenters. The monoisotopic (exact) mass is 453 g/mol. The van der Waals surface area contributed by atoms with Crippen molar-refractivity contribution >= 4 is 11.8 Å². The molecule has 0 unspecified atom stereocenters. The molecule has 0 aliphatic carbocycles. The number of carbonyl (C=O) groups is 2. The molecule has 2 amide bonds. The Balaban J connectivity index is 1.32. The number of amides is 2. The first-order valence-electron chi connectivity index (χ1n) is 11.3. The summed E-state index contributed by atoms with van der Waals surface area (Å²) >= 11 is 0. The number of piperazine rings is 1. The highest BCUT2D eigenvalue weighted by atomic mass is 16.7. The third kappa shape index (κ3) is 5.39. The van der Waals surface area contributed by atoms with Crippen LogP contribution in [-0.4, -0.2) is 67.7 Å². The second kappa shape index (κ2) is 10.1. The van der Waals surface area contributed by atoms with E-state index in [1.165, 1.54) is 0 Å². The topological polar surface area (TPSA) is 80.3 Å². The van der Waals surface area contributed by atoms with E-state index in [0.29, 0.717) is 24.4 Å². The molecule has 2 aromatic carbocycles. The fourth-order valence-electron chi connectivity index (χ4n) is 4.10. The molecule has 2 aliphatic heterocycles. The molecule has 0 aromatic heterocycles. The van der Waals surface area contributed by atoms with Gasteiger partial charge in [-0.3, -0.25) is 14.5 Å².